The number of aromatic nitrogens is 3. The molecule has 0 spiro atoms. The van der Waals surface area contributed by atoms with Crippen LogP contribution in [0.25, 0.3) is 32.0 Å². The number of halogens is 6. The number of nitrogens with zero attached hydrogens (tertiary/aromatic N) is 3. The van der Waals surface area contributed by atoms with E-state index in [1.165, 1.54) is 30.7 Å². The van der Waals surface area contributed by atoms with Gasteiger partial charge in [0.1, 0.15) is 18.1 Å². The van der Waals surface area contributed by atoms with Gasteiger partial charge in [-0.05, 0) is 78.9 Å². The van der Waals surface area contributed by atoms with Crippen LogP contribution in [0.4, 0.5) is 26.3 Å². The molecule has 0 unspecified atom stereocenters. The van der Waals surface area contributed by atoms with Crippen LogP contribution in [0.1, 0.15) is 33.0 Å². The van der Waals surface area contributed by atoms with E-state index in [1.54, 1.807) is 60.8 Å². The van der Waals surface area contributed by atoms with Crippen molar-refractivity contribution in [3.63, 3.8) is 0 Å². The van der Waals surface area contributed by atoms with E-state index < -0.39 is 36.5 Å². The van der Waals surface area contributed by atoms with Crippen molar-refractivity contribution in [3.8, 4) is 26.6 Å². The normalized spacial score (nSPS) is 16.8. The van der Waals surface area contributed by atoms with Gasteiger partial charge in [0.2, 0.25) is 0 Å². The van der Waals surface area contributed by atoms with Crippen LogP contribution < -0.4 is 4.74 Å². The van der Waals surface area contributed by atoms with Crippen LogP contribution in [0.15, 0.2) is 72.9 Å². The summed E-state index contributed by atoms with van der Waals surface area (Å²) in [6.45, 7) is 3.18. The molecule has 1 aliphatic carbocycles. The Morgan fingerprint density at radius 3 is 1.88 bits per heavy atom. The molecule has 2 aromatic carbocycles. The predicted octanol–water partition coefficient (Wildman–Crippen LogP) is 9.33. The minimum Gasteiger partial charge on any atom is -0.487 e. The van der Waals surface area contributed by atoms with Crippen molar-refractivity contribution >= 4 is 41.4 Å². The Morgan fingerprint density at radius 1 is 0.816 bits per heavy atom. The second kappa shape index (κ2) is 12.9. The summed E-state index contributed by atoms with van der Waals surface area (Å²) >= 11 is 2.09. The molecule has 0 amide bonds. The van der Waals surface area contributed by atoms with Crippen molar-refractivity contribution in [1.29, 1.82) is 0 Å². The van der Waals surface area contributed by atoms with Crippen LogP contribution in [0.3, 0.4) is 0 Å². The molecule has 258 valence electrons. The number of rotatable bonds is 11. The molecule has 5 aromatic rings. The fourth-order valence-corrected chi connectivity index (χ4v) is 8.22. The minimum atomic E-state index is -5.66. The first-order valence-electron chi connectivity index (χ1n) is 14.8. The van der Waals surface area contributed by atoms with Crippen LogP contribution in [-0.4, -0.2) is 48.7 Å². The summed E-state index contributed by atoms with van der Waals surface area (Å²) in [5.41, 5.74) is -1.81. The Balaban J connectivity index is 1.27. The van der Waals surface area contributed by atoms with Gasteiger partial charge in [0.05, 0.1) is 12.4 Å². The molecule has 2 N–H and O–H groups in total. The zero-order chi connectivity index (χ0) is 35.4. The summed E-state index contributed by atoms with van der Waals surface area (Å²) in [6.07, 6.45) is 1.52. The molecule has 0 saturated carbocycles. The first kappa shape index (κ1) is 35.1. The highest BCUT2D eigenvalue weighted by atomic mass is 32.1. The number of hydrogen-bond donors (Lipinski definition) is 2. The number of alkyl halides is 6. The molecular formula is C33H28F6N3O4PS2. The summed E-state index contributed by atoms with van der Waals surface area (Å²) in [5, 5.41) is 7.87. The summed E-state index contributed by atoms with van der Waals surface area (Å²) in [4.78, 5) is 19.3. The number of aryl methyl sites for hydroxylation is 3. The Morgan fingerprint density at radius 2 is 1.35 bits per heavy atom. The van der Waals surface area contributed by atoms with Gasteiger partial charge in [0.25, 0.3) is 0 Å². The molecule has 0 bridgehead atoms. The highest BCUT2D eigenvalue weighted by molar-refractivity contribution is 7.51. The number of hydrogen-bond acceptors (Lipinski definition) is 6. The lowest BCUT2D eigenvalue weighted by Gasteiger charge is -2.25. The maximum absolute atomic E-state index is 15.6. The number of ether oxygens (including phenoxy) is 1. The zero-order valence-electron chi connectivity index (χ0n) is 25.8. The van der Waals surface area contributed by atoms with Gasteiger partial charge in [0.15, 0.2) is 0 Å². The van der Waals surface area contributed by atoms with Gasteiger partial charge < -0.3 is 14.5 Å². The fraction of sp³-hybridized carbons (Fsp3) is 0.273. The Hall–Kier alpha value is -3.75. The average Bonchev–Trinajstić information content (AvgIpc) is 3.78. The molecule has 0 atom stereocenters. The van der Waals surface area contributed by atoms with Gasteiger partial charge in [-0.2, -0.15) is 26.3 Å². The molecule has 0 radical (unpaired) electrons. The van der Waals surface area contributed by atoms with Gasteiger partial charge in [-0.25, -0.2) is 0 Å². The molecule has 16 heteroatoms. The lowest BCUT2D eigenvalue weighted by Crippen LogP contribution is -2.48. The van der Waals surface area contributed by atoms with Crippen molar-refractivity contribution in [2.75, 3.05) is 6.16 Å². The molecule has 7 nitrogen and oxygen atoms in total. The third-order valence-corrected chi connectivity index (χ3v) is 11.1. The van der Waals surface area contributed by atoms with E-state index in [-0.39, 0.29) is 46.6 Å². The third kappa shape index (κ3) is 6.62. The largest absolute Gasteiger partial charge is 0.487 e. The lowest BCUT2D eigenvalue weighted by molar-refractivity contribution is -0.254. The van der Waals surface area contributed by atoms with Crippen molar-refractivity contribution in [2.24, 2.45) is 0 Å². The van der Waals surface area contributed by atoms with Crippen LogP contribution in [-0.2, 0) is 17.7 Å². The molecule has 0 saturated heterocycles. The zero-order valence-corrected chi connectivity index (χ0v) is 28.4. The second-order valence-corrected chi connectivity index (χ2v) is 15.8. The average molecular weight is 740 g/mol. The van der Waals surface area contributed by atoms with E-state index in [0.717, 1.165) is 22.7 Å². The first-order valence-corrected chi connectivity index (χ1v) is 18.2. The molecular weight excluding hydrogens is 711 g/mol. The minimum absolute atomic E-state index is 0.0303. The number of allylic oxidation sites excluding steroid dienone is 2. The van der Waals surface area contributed by atoms with Crippen LogP contribution >= 0.6 is 30.3 Å². The van der Waals surface area contributed by atoms with E-state index in [0.29, 0.717) is 32.3 Å². The molecule has 0 fully saturated rings. The Bertz CT molecular complexity index is 2070. The lowest BCUT2D eigenvalue weighted by atomic mass is 9.94. The summed E-state index contributed by atoms with van der Waals surface area (Å²) in [5.74, 6) is -15.5. The maximum atomic E-state index is 15.6. The molecule has 1 aliphatic rings. The SMILES string of the molecule is Cc1sc(-c2ccccc2)cc1C1=C(c2cc(-c3ccc(OCc4cn(CCCP(=O)(O)O)nn4)cc3)sc2C)C(F)(F)C(F)(F)C1(F)F. The van der Waals surface area contributed by atoms with Gasteiger partial charge in [-0.3, -0.25) is 9.25 Å². The van der Waals surface area contributed by atoms with Crippen molar-refractivity contribution in [2.45, 2.75) is 51.2 Å². The highest BCUT2D eigenvalue weighted by Crippen LogP contribution is 2.66. The van der Waals surface area contributed by atoms with Gasteiger partial charge >= 0.3 is 25.4 Å². The topological polar surface area (TPSA) is 97.5 Å². The van der Waals surface area contributed by atoms with Crippen molar-refractivity contribution in [3.05, 3.63) is 99.5 Å². The monoisotopic (exact) mass is 739 g/mol. The highest BCUT2D eigenvalue weighted by Gasteiger charge is 2.80. The molecule has 3 heterocycles. The summed E-state index contributed by atoms with van der Waals surface area (Å²) in [7, 11) is -4.11. The van der Waals surface area contributed by atoms with Crippen LogP contribution in [0, 0.1) is 13.8 Å². The van der Waals surface area contributed by atoms with E-state index in [1.807, 2.05) is 0 Å². The van der Waals surface area contributed by atoms with Crippen LogP contribution in [0.5, 0.6) is 5.75 Å². The molecule has 49 heavy (non-hydrogen) atoms. The third-order valence-electron chi connectivity index (χ3n) is 8.05. The Labute approximate surface area is 284 Å². The van der Waals surface area contributed by atoms with Crippen molar-refractivity contribution < 1.29 is 45.4 Å². The van der Waals surface area contributed by atoms with E-state index in [4.69, 9.17) is 14.5 Å². The van der Waals surface area contributed by atoms with Gasteiger partial charge in [-0.15, -0.1) is 27.8 Å². The standard InChI is InChI=1S/C33H28F6N3O4PS2/c1-19-25(15-27(48-19)21-7-4-3-5-8-21)29-30(32(36,37)33(38,39)31(29,34)35)26-16-28(49-20(26)2)22-9-11-24(12-10-22)46-18-23-17-42(41-40-23)13-6-14-47(43,44)45/h3-5,7-12,15-17H,6,13-14,18H2,1-2H3,(H2,43,44,45). The van der Waals surface area contributed by atoms with E-state index in [2.05, 4.69) is 10.3 Å². The molecule has 3 aromatic heterocycles. The second-order valence-electron chi connectivity index (χ2n) is 11.5. The smallest absolute Gasteiger partial charge is 0.380 e. The van der Waals surface area contributed by atoms with Gasteiger partial charge in [0, 0.05) is 37.2 Å². The molecule has 6 rings (SSSR count). The molecule has 0 aliphatic heterocycles. The first-order chi connectivity index (χ1) is 23.0. The van der Waals surface area contributed by atoms with Crippen molar-refractivity contribution in [1.82, 2.24) is 15.0 Å². The Kier molecular flexibility index (Phi) is 9.20. The number of thiophene rings is 2. The predicted molar refractivity (Wildman–Crippen MR) is 177 cm³/mol. The van der Waals surface area contributed by atoms with Gasteiger partial charge in [-0.1, -0.05) is 35.5 Å². The van der Waals surface area contributed by atoms with E-state index in [9.17, 15) is 4.57 Å². The summed E-state index contributed by atoms with van der Waals surface area (Å²) < 4.78 is 111. The maximum Gasteiger partial charge on any atom is 0.380 e. The summed E-state index contributed by atoms with van der Waals surface area (Å²) in [6, 6.07) is 17.7. The van der Waals surface area contributed by atoms with Crippen LogP contribution in [0.2, 0.25) is 0 Å². The number of benzene rings is 2. The quantitative estimate of drug-likeness (QED) is 0.104. The van der Waals surface area contributed by atoms with E-state index >= 15 is 26.3 Å². The fourth-order valence-electron chi connectivity index (χ4n) is 5.61.